The molecule has 4 N–H and O–H groups in total. The summed E-state index contributed by atoms with van der Waals surface area (Å²) >= 11 is 0. The van der Waals surface area contributed by atoms with Gasteiger partial charge in [0.25, 0.3) is 0 Å². The number of amides is 2. The van der Waals surface area contributed by atoms with Gasteiger partial charge >= 0.3 is 0 Å². The summed E-state index contributed by atoms with van der Waals surface area (Å²) in [6, 6.07) is 0. The van der Waals surface area contributed by atoms with Gasteiger partial charge in [0.1, 0.15) is 6.54 Å². The van der Waals surface area contributed by atoms with Gasteiger partial charge in [-0.1, -0.05) is 13.8 Å². The number of nitrogens with one attached hydrogen (secondary N) is 2. The minimum absolute atomic E-state index is 0. The molecule has 21 heavy (non-hydrogen) atoms. The Labute approximate surface area is 131 Å². The number of nitrogens with zero attached hydrogens (tertiary/aromatic N) is 2. The van der Waals surface area contributed by atoms with E-state index in [1.165, 1.54) is 10.9 Å². The first-order chi connectivity index (χ1) is 9.51. The molecule has 8 heteroatoms. The first-order valence-corrected chi connectivity index (χ1v) is 6.75. The number of nitrogens with two attached hydrogens (primary N) is 1. The van der Waals surface area contributed by atoms with Gasteiger partial charge in [-0.15, -0.1) is 12.4 Å². The molecule has 0 spiro atoms. The van der Waals surface area contributed by atoms with Crippen LogP contribution in [0.3, 0.4) is 0 Å². The third-order valence-electron chi connectivity index (χ3n) is 3.70. The Balaban J connectivity index is 0.00000400. The highest BCUT2D eigenvalue weighted by molar-refractivity contribution is 5.95. The average molecular weight is 318 g/mol. The van der Waals surface area contributed by atoms with E-state index >= 15 is 0 Å². The number of hydrogen-bond donors (Lipinski definition) is 3. The predicted molar refractivity (Wildman–Crippen MR) is 84.2 cm³/mol. The van der Waals surface area contributed by atoms with Crippen LogP contribution in [0, 0.1) is 5.41 Å². The number of carbonyl (C=O) groups excluding carboxylic acids is 2. The second-order valence-corrected chi connectivity index (χ2v) is 4.75. The molecule has 2 amide bonds. The molecule has 0 aromatic carbocycles. The molecule has 1 rings (SSSR count). The number of anilines is 1. The van der Waals surface area contributed by atoms with Crippen LogP contribution in [-0.2, 0) is 16.1 Å². The van der Waals surface area contributed by atoms with E-state index in [-0.39, 0.29) is 30.8 Å². The summed E-state index contributed by atoms with van der Waals surface area (Å²) in [7, 11) is 1.56. The molecule has 0 unspecified atom stereocenters. The van der Waals surface area contributed by atoms with Crippen molar-refractivity contribution in [2.75, 3.05) is 18.9 Å². The van der Waals surface area contributed by atoms with Crippen LogP contribution in [0.2, 0.25) is 0 Å². The van der Waals surface area contributed by atoms with Crippen molar-refractivity contribution in [3.05, 3.63) is 12.4 Å². The normalized spacial score (nSPS) is 10.7. The van der Waals surface area contributed by atoms with Crippen molar-refractivity contribution >= 4 is 29.9 Å². The standard InChI is InChI=1S/C13H23N5O2.ClH/c1-4-13(5-2,9-14)12(20)17-10-6-16-18(7-10)8-11(19)15-3;/h6-7H,4-5,8-9,14H2,1-3H3,(H,15,19)(H,17,20);1H. The zero-order chi connectivity index (χ0) is 15.2. The van der Waals surface area contributed by atoms with Crippen LogP contribution in [0.15, 0.2) is 12.4 Å². The van der Waals surface area contributed by atoms with E-state index in [4.69, 9.17) is 5.73 Å². The van der Waals surface area contributed by atoms with Crippen molar-refractivity contribution in [3.63, 3.8) is 0 Å². The summed E-state index contributed by atoms with van der Waals surface area (Å²) in [5.41, 5.74) is 5.75. The zero-order valence-corrected chi connectivity index (χ0v) is 13.5. The maximum Gasteiger partial charge on any atom is 0.241 e. The SMILES string of the molecule is CCC(CC)(CN)C(=O)Nc1cnn(CC(=O)NC)c1.Cl. The molecule has 0 atom stereocenters. The Hall–Kier alpha value is -1.60. The van der Waals surface area contributed by atoms with Gasteiger partial charge in [0.15, 0.2) is 0 Å². The lowest BCUT2D eigenvalue weighted by Gasteiger charge is -2.28. The second kappa shape index (κ2) is 8.63. The van der Waals surface area contributed by atoms with Gasteiger partial charge in [-0.25, -0.2) is 0 Å². The summed E-state index contributed by atoms with van der Waals surface area (Å²) < 4.78 is 1.47. The lowest BCUT2D eigenvalue weighted by atomic mass is 9.81. The number of aromatic nitrogens is 2. The highest BCUT2D eigenvalue weighted by Gasteiger charge is 2.33. The minimum Gasteiger partial charge on any atom is -0.358 e. The number of halogens is 1. The van der Waals surface area contributed by atoms with Gasteiger partial charge in [-0.2, -0.15) is 5.10 Å². The van der Waals surface area contributed by atoms with Crippen molar-refractivity contribution < 1.29 is 9.59 Å². The number of rotatable bonds is 7. The first-order valence-electron chi connectivity index (χ1n) is 6.75. The minimum atomic E-state index is -0.553. The molecule has 7 nitrogen and oxygen atoms in total. The van der Waals surface area contributed by atoms with Crippen molar-refractivity contribution in [2.24, 2.45) is 11.1 Å². The van der Waals surface area contributed by atoms with E-state index in [1.807, 2.05) is 13.8 Å². The molecular formula is C13H24ClN5O2. The fourth-order valence-electron chi connectivity index (χ4n) is 1.96. The van der Waals surface area contributed by atoms with Gasteiger partial charge in [0.05, 0.1) is 17.3 Å². The van der Waals surface area contributed by atoms with E-state index in [2.05, 4.69) is 15.7 Å². The van der Waals surface area contributed by atoms with Gasteiger partial charge in [0, 0.05) is 19.8 Å². The maximum atomic E-state index is 12.3. The molecule has 1 heterocycles. The molecule has 0 bridgehead atoms. The van der Waals surface area contributed by atoms with Crippen LogP contribution in [0.5, 0.6) is 0 Å². The van der Waals surface area contributed by atoms with Crippen LogP contribution in [0.25, 0.3) is 0 Å². The van der Waals surface area contributed by atoms with Crippen LogP contribution in [0.1, 0.15) is 26.7 Å². The Kier molecular flexibility index (Phi) is 7.98. The molecule has 0 aliphatic carbocycles. The predicted octanol–water partition coefficient (Wildman–Crippen LogP) is 0.755. The lowest BCUT2D eigenvalue weighted by molar-refractivity contribution is -0.125. The topological polar surface area (TPSA) is 102 Å². The van der Waals surface area contributed by atoms with Crippen LogP contribution in [0.4, 0.5) is 5.69 Å². The van der Waals surface area contributed by atoms with Crippen molar-refractivity contribution in [2.45, 2.75) is 33.2 Å². The third kappa shape index (κ3) is 4.71. The summed E-state index contributed by atoms with van der Waals surface area (Å²) in [6.07, 6.45) is 4.50. The van der Waals surface area contributed by atoms with Gasteiger partial charge < -0.3 is 16.4 Å². The fourth-order valence-corrected chi connectivity index (χ4v) is 1.96. The first kappa shape index (κ1) is 19.4. The largest absolute Gasteiger partial charge is 0.358 e. The highest BCUT2D eigenvalue weighted by Crippen LogP contribution is 2.26. The summed E-state index contributed by atoms with van der Waals surface area (Å²) in [5.74, 6) is -0.256. The highest BCUT2D eigenvalue weighted by atomic mass is 35.5. The van der Waals surface area contributed by atoms with E-state index < -0.39 is 5.41 Å². The van der Waals surface area contributed by atoms with Crippen LogP contribution < -0.4 is 16.4 Å². The molecule has 0 radical (unpaired) electrons. The van der Waals surface area contributed by atoms with E-state index in [1.54, 1.807) is 13.2 Å². The van der Waals surface area contributed by atoms with E-state index in [0.717, 1.165) is 0 Å². The maximum absolute atomic E-state index is 12.3. The van der Waals surface area contributed by atoms with Crippen molar-refractivity contribution in [1.29, 1.82) is 0 Å². The van der Waals surface area contributed by atoms with Crippen molar-refractivity contribution in [3.8, 4) is 0 Å². The van der Waals surface area contributed by atoms with Crippen LogP contribution in [-0.4, -0.2) is 35.2 Å². The molecule has 0 fully saturated rings. The molecule has 1 aromatic heterocycles. The van der Waals surface area contributed by atoms with Crippen molar-refractivity contribution in [1.82, 2.24) is 15.1 Å². The molecule has 0 aliphatic heterocycles. The molecule has 0 saturated heterocycles. The monoisotopic (exact) mass is 317 g/mol. The lowest BCUT2D eigenvalue weighted by Crippen LogP contribution is -2.41. The second-order valence-electron chi connectivity index (χ2n) is 4.75. The van der Waals surface area contributed by atoms with Gasteiger partial charge in [-0.05, 0) is 12.8 Å². The molecule has 0 aliphatic rings. The number of hydrogen-bond acceptors (Lipinski definition) is 4. The molecular weight excluding hydrogens is 294 g/mol. The Bertz CT molecular complexity index is 463. The average Bonchev–Trinajstić information content (AvgIpc) is 2.88. The fraction of sp³-hybridized carbons (Fsp3) is 0.615. The zero-order valence-electron chi connectivity index (χ0n) is 12.7. The molecule has 120 valence electrons. The van der Waals surface area contributed by atoms with Gasteiger partial charge in [-0.3, -0.25) is 14.3 Å². The summed E-state index contributed by atoms with van der Waals surface area (Å²) in [4.78, 5) is 23.5. The summed E-state index contributed by atoms with van der Waals surface area (Å²) in [5, 5.41) is 9.35. The molecule has 1 aromatic rings. The Morgan fingerprint density at radius 2 is 2.00 bits per heavy atom. The smallest absolute Gasteiger partial charge is 0.241 e. The van der Waals surface area contributed by atoms with Crippen LogP contribution >= 0.6 is 12.4 Å². The Morgan fingerprint density at radius 1 is 1.38 bits per heavy atom. The van der Waals surface area contributed by atoms with E-state index in [0.29, 0.717) is 25.1 Å². The Morgan fingerprint density at radius 3 is 2.48 bits per heavy atom. The summed E-state index contributed by atoms with van der Waals surface area (Å²) in [6.45, 7) is 4.32. The third-order valence-corrected chi connectivity index (χ3v) is 3.70. The quantitative estimate of drug-likeness (QED) is 0.690. The number of carbonyl (C=O) groups is 2. The number of likely N-dealkylation sites (N-methyl/N-ethyl adjacent to an activating group) is 1. The van der Waals surface area contributed by atoms with Gasteiger partial charge in [0.2, 0.25) is 11.8 Å². The molecule has 0 saturated carbocycles. The van der Waals surface area contributed by atoms with E-state index in [9.17, 15) is 9.59 Å².